The van der Waals surface area contributed by atoms with Crippen LogP contribution >= 0.6 is 0 Å². The molecule has 286 valence electrons. The molecule has 1 amide bonds. The van der Waals surface area contributed by atoms with Gasteiger partial charge >= 0.3 is 11.9 Å². The SMILES string of the molecule is CC(C)=CCCC(C)CCOC(=O)CCCCCCCN(CCCCCCCC(=O)OCCC(C)CCC=C(C)C)C(=O)CCCN(C)C. The molecule has 0 aromatic heterocycles. The second kappa shape index (κ2) is 31.8. The van der Waals surface area contributed by atoms with E-state index >= 15 is 0 Å². The summed E-state index contributed by atoms with van der Waals surface area (Å²) in [5.74, 6) is 1.26. The molecule has 0 rings (SSSR count). The predicted octanol–water partition coefficient (Wildman–Crippen LogP) is 10.5. The molecule has 0 aliphatic carbocycles. The Morgan fingerprint density at radius 1 is 0.531 bits per heavy atom. The van der Waals surface area contributed by atoms with Crippen LogP contribution in [0.1, 0.15) is 170 Å². The van der Waals surface area contributed by atoms with E-state index in [1.807, 2.05) is 14.1 Å². The minimum absolute atomic E-state index is 0.0719. The number of allylic oxidation sites excluding steroid dienone is 4. The fourth-order valence-corrected chi connectivity index (χ4v) is 5.76. The van der Waals surface area contributed by atoms with Gasteiger partial charge in [-0.15, -0.1) is 0 Å². The van der Waals surface area contributed by atoms with Crippen molar-refractivity contribution in [3.05, 3.63) is 23.3 Å². The molecule has 0 spiro atoms. The summed E-state index contributed by atoms with van der Waals surface area (Å²) in [4.78, 5) is 41.5. The molecule has 0 fully saturated rings. The van der Waals surface area contributed by atoms with E-state index in [1.165, 1.54) is 11.1 Å². The van der Waals surface area contributed by atoms with Crippen molar-refractivity contribution in [2.45, 2.75) is 170 Å². The smallest absolute Gasteiger partial charge is 0.305 e. The lowest BCUT2D eigenvalue weighted by Gasteiger charge is -2.23. The van der Waals surface area contributed by atoms with Crippen LogP contribution in [0.15, 0.2) is 23.3 Å². The Bertz CT molecular complexity index is 845. The number of rotatable bonds is 32. The summed E-state index contributed by atoms with van der Waals surface area (Å²) in [5, 5.41) is 0. The topological polar surface area (TPSA) is 76.1 Å². The van der Waals surface area contributed by atoms with Gasteiger partial charge in [-0.25, -0.2) is 0 Å². The molecule has 0 saturated heterocycles. The van der Waals surface area contributed by atoms with E-state index in [9.17, 15) is 14.4 Å². The van der Waals surface area contributed by atoms with Crippen LogP contribution in [-0.4, -0.2) is 74.6 Å². The Hall–Kier alpha value is -2.15. The number of nitrogens with zero attached hydrogens (tertiary/aromatic N) is 2. The molecule has 2 unspecified atom stereocenters. The molecule has 49 heavy (non-hydrogen) atoms. The quantitative estimate of drug-likeness (QED) is 0.0397. The highest BCUT2D eigenvalue weighted by Crippen LogP contribution is 2.15. The average Bonchev–Trinajstić information content (AvgIpc) is 3.02. The van der Waals surface area contributed by atoms with Crippen molar-refractivity contribution >= 4 is 17.8 Å². The molecule has 0 radical (unpaired) electrons. The number of carbonyl (C=O) groups is 3. The number of hydrogen-bond donors (Lipinski definition) is 0. The van der Waals surface area contributed by atoms with E-state index in [4.69, 9.17) is 9.47 Å². The zero-order valence-corrected chi connectivity index (χ0v) is 33.4. The maximum atomic E-state index is 13.0. The lowest BCUT2D eigenvalue weighted by Crippen LogP contribution is -2.33. The monoisotopic (exact) mass is 691 g/mol. The highest BCUT2D eigenvalue weighted by molar-refractivity contribution is 5.76. The first-order chi connectivity index (χ1) is 23.4. The standard InChI is InChI=1S/C42H78N2O5/c1-36(2)22-19-24-38(5)29-34-48-41(46)27-15-11-9-13-17-32-44(40(45)26-21-31-43(7)8)33-18-14-10-12-16-28-42(47)49-35-30-39(6)25-20-23-37(3)4/h22-23,38-39H,9-21,24-35H2,1-8H3. The van der Waals surface area contributed by atoms with Gasteiger partial charge in [-0.05, 0) is 131 Å². The van der Waals surface area contributed by atoms with Crippen LogP contribution in [0.2, 0.25) is 0 Å². The molecule has 0 aromatic rings. The molecule has 0 aliphatic heterocycles. The normalized spacial score (nSPS) is 12.3. The van der Waals surface area contributed by atoms with Crippen molar-refractivity contribution in [3.63, 3.8) is 0 Å². The first-order valence-electron chi connectivity index (χ1n) is 19.9. The summed E-state index contributed by atoms with van der Waals surface area (Å²) in [6.07, 6.45) is 23.5. The van der Waals surface area contributed by atoms with Crippen LogP contribution in [0, 0.1) is 11.8 Å². The number of hydrogen-bond acceptors (Lipinski definition) is 6. The summed E-state index contributed by atoms with van der Waals surface area (Å²) in [7, 11) is 4.09. The van der Waals surface area contributed by atoms with Gasteiger partial charge in [0, 0.05) is 32.4 Å². The third kappa shape index (κ3) is 32.8. The minimum Gasteiger partial charge on any atom is -0.466 e. The highest BCUT2D eigenvalue weighted by atomic mass is 16.5. The Morgan fingerprint density at radius 2 is 0.939 bits per heavy atom. The van der Waals surface area contributed by atoms with Gasteiger partial charge in [0.1, 0.15) is 0 Å². The third-order valence-corrected chi connectivity index (χ3v) is 9.14. The van der Waals surface area contributed by atoms with Crippen molar-refractivity contribution in [2.24, 2.45) is 11.8 Å². The fourth-order valence-electron chi connectivity index (χ4n) is 5.76. The first kappa shape index (κ1) is 46.9. The van der Waals surface area contributed by atoms with Crippen LogP contribution in [0.25, 0.3) is 0 Å². The zero-order valence-electron chi connectivity index (χ0n) is 33.4. The van der Waals surface area contributed by atoms with E-state index in [0.717, 1.165) is 129 Å². The van der Waals surface area contributed by atoms with Crippen LogP contribution in [-0.2, 0) is 23.9 Å². The molecular formula is C42H78N2O5. The summed E-state index contributed by atoms with van der Waals surface area (Å²) in [6, 6.07) is 0. The average molecular weight is 691 g/mol. The summed E-state index contributed by atoms with van der Waals surface area (Å²) >= 11 is 0. The van der Waals surface area contributed by atoms with Crippen molar-refractivity contribution in [1.29, 1.82) is 0 Å². The molecule has 0 N–H and O–H groups in total. The second-order valence-electron chi connectivity index (χ2n) is 15.3. The van der Waals surface area contributed by atoms with Crippen LogP contribution in [0.5, 0.6) is 0 Å². The van der Waals surface area contributed by atoms with Gasteiger partial charge in [-0.3, -0.25) is 14.4 Å². The minimum atomic E-state index is -0.0719. The molecular weight excluding hydrogens is 612 g/mol. The molecule has 7 heteroatoms. The van der Waals surface area contributed by atoms with Crippen LogP contribution < -0.4 is 0 Å². The van der Waals surface area contributed by atoms with E-state index in [2.05, 4.69) is 63.5 Å². The van der Waals surface area contributed by atoms with Gasteiger partial charge in [0.25, 0.3) is 0 Å². The van der Waals surface area contributed by atoms with E-state index in [-0.39, 0.29) is 17.8 Å². The molecule has 2 atom stereocenters. The van der Waals surface area contributed by atoms with Crippen molar-refractivity contribution in [3.8, 4) is 0 Å². The van der Waals surface area contributed by atoms with Gasteiger partial charge in [0.15, 0.2) is 0 Å². The number of esters is 2. The number of unbranched alkanes of at least 4 members (excludes halogenated alkanes) is 8. The summed E-state index contributed by atoms with van der Waals surface area (Å²) in [5.41, 5.74) is 2.72. The maximum absolute atomic E-state index is 13.0. The predicted molar refractivity (Wildman–Crippen MR) is 207 cm³/mol. The largest absolute Gasteiger partial charge is 0.466 e. The third-order valence-electron chi connectivity index (χ3n) is 9.14. The first-order valence-corrected chi connectivity index (χ1v) is 19.9. The lowest BCUT2D eigenvalue weighted by molar-refractivity contribution is -0.145. The van der Waals surface area contributed by atoms with E-state index < -0.39 is 0 Å². The molecule has 0 heterocycles. The number of carbonyl (C=O) groups excluding carboxylic acids is 3. The van der Waals surface area contributed by atoms with Crippen molar-refractivity contribution in [2.75, 3.05) is 46.9 Å². The number of ether oxygens (including phenoxy) is 2. The molecule has 0 aliphatic rings. The molecule has 7 nitrogen and oxygen atoms in total. The summed E-state index contributed by atoms with van der Waals surface area (Å²) in [6.45, 7) is 16.6. The highest BCUT2D eigenvalue weighted by Gasteiger charge is 2.13. The second-order valence-corrected chi connectivity index (χ2v) is 15.3. The number of amides is 1. The van der Waals surface area contributed by atoms with Crippen molar-refractivity contribution in [1.82, 2.24) is 9.80 Å². The van der Waals surface area contributed by atoms with E-state index in [1.54, 1.807) is 0 Å². The maximum Gasteiger partial charge on any atom is 0.305 e. The molecule has 0 bridgehead atoms. The zero-order chi connectivity index (χ0) is 36.7. The van der Waals surface area contributed by atoms with Gasteiger partial charge in [-0.1, -0.05) is 75.7 Å². The van der Waals surface area contributed by atoms with E-state index in [0.29, 0.717) is 44.3 Å². The molecule has 0 saturated carbocycles. The Balaban J connectivity index is 4.15. The van der Waals surface area contributed by atoms with Crippen LogP contribution in [0.4, 0.5) is 0 Å². The Labute approximate surface area is 303 Å². The lowest BCUT2D eigenvalue weighted by atomic mass is 10.0. The van der Waals surface area contributed by atoms with Crippen LogP contribution in [0.3, 0.4) is 0 Å². The van der Waals surface area contributed by atoms with Gasteiger partial charge in [-0.2, -0.15) is 0 Å². The fraction of sp³-hybridized carbons (Fsp3) is 0.833. The van der Waals surface area contributed by atoms with Gasteiger partial charge in [0.05, 0.1) is 13.2 Å². The Morgan fingerprint density at radius 3 is 1.35 bits per heavy atom. The Kier molecular flexibility index (Phi) is 30.4. The summed E-state index contributed by atoms with van der Waals surface area (Å²) < 4.78 is 10.9. The molecule has 0 aromatic carbocycles. The van der Waals surface area contributed by atoms with Gasteiger partial charge < -0.3 is 19.3 Å². The van der Waals surface area contributed by atoms with Crippen molar-refractivity contribution < 1.29 is 23.9 Å². The van der Waals surface area contributed by atoms with Gasteiger partial charge in [0.2, 0.25) is 5.91 Å².